The molecule has 0 bridgehead atoms. The molecule has 0 aliphatic carbocycles. The van der Waals surface area contributed by atoms with Crippen LogP contribution >= 0.6 is 0 Å². The maximum absolute atomic E-state index is 14.1. The van der Waals surface area contributed by atoms with E-state index in [2.05, 4.69) is 9.97 Å². The molecule has 1 heterocycles. The molecule has 2 N–H and O–H groups in total. The number of para-hydroxylation sites is 1. The van der Waals surface area contributed by atoms with E-state index >= 15 is 0 Å². The zero-order valence-corrected chi connectivity index (χ0v) is 12.2. The van der Waals surface area contributed by atoms with Crippen molar-refractivity contribution >= 4 is 11.5 Å². The standard InChI is InChI=1S/C15H19FN4O/c1-11-18-14(10-15(19-11)21-2)20(9-5-8-17)13-7-4-3-6-12(13)16/h3-4,6-7,10H,5,8-9,17H2,1-2H3. The van der Waals surface area contributed by atoms with E-state index in [1.807, 2.05) is 0 Å². The van der Waals surface area contributed by atoms with Gasteiger partial charge in [-0.15, -0.1) is 0 Å². The predicted octanol–water partition coefficient (Wildman–Crippen LogP) is 2.42. The first-order valence-corrected chi connectivity index (χ1v) is 6.77. The van der Waals surface area contributed by atoms with Crippen LogP contribution in [0.25, 0.3) is 0 Å². The second-order valence-electron chi connectivity index (χ2n) is 4.56. The first-order chi connectivity index (χ1) is 10.2. The molecule has 0 spiro atoms. The van der Waals surface area contributed by atoms with Gasteiger partial charge in [-0.1, -0.05) is 12.1 Å². The van der Waals surface area contributed by atoms with Crippen molar-refractivity contribution in [1.29, 1.82) is 0 Å². The molecule has 0 saturated carbocycles. The minimum atomic E-state index is -0.301. The van der Waals surface area contributed by atoms with Crippen LogP contribution < -0.4 is 15.4 Å². The third-order valence-electron chi connectivity index (χ3n) is 3.02. The van der Waals surface area contributed by atoms with Gasteiger partial charge in [-0.2, -0.15) is 4.98 Å². The predicted molar refractivity (Wildman–Crippen MR) is 80.4 cm³/mol. The summed E-state index contributed by atoms with van der Waals surface area (Å²) in [4.78, 5) is 10.3. The van der Waals surface area contributed by atoms with E-state index in [0.29, 0.717) is 36.3 Å². The van der Waals surface area contributed by atoms with Crippen molar-refractivity contribution in [3.05, 3.63) is 42.0 Å². The van der Waals surface area contributed by atoms with Gasteiger partial charge in [0.15, 0.2) is 0 Å². The fourth-order valence-electron chi connectivity index (χ4n) is 2.05. The number of nitrogens with zero attached hydrogens (tertiary/aromatic N) is 3. The van der Waals surface area contributed by atoms with Crippen LogP contribution in [0.1, 0.15) is 12.2 Å². The molecule has 0 unspecified atom stereocenters. The number of hydrogen-bond acceptors (Lipinski definition) is 5. The van der Waals surface area contributed by atoms with Crippen molar-refractivity contribution in [1.82, 2.24) is 9.97 Å². The summed E-state index contributed by atoms with van der Waals surface area (Å²) in [6.07, 6.45) is 0.722. The minimum Gasteiger partial charge on any atom is -0.481 e. The van der Waals surface area contributed by atoms with Crippen molar-refractivity contribution < 1.29 is 9.13 Å². The SMILES string of the molecule is COc1cc(N(CCCN)c2ccccc2F)nc(C)n1. The lowest BCUT2D eigenvalue weighted by Gasteiger charge is -2.24. The van der Waals surface area contributed by atoms with E-state index in [9.17, 15) is 4.39 Å². The Balaban J connectivity index is 2.45. The summed E-state index contributed by atoms with van der Waals surface area (Å²) in [5, 5.41) is 0. The quantitative estimate of drug-likeness (QED) is 0.885. The van der Waals surface area contributed by atoms with Crippen molar-refractivity contribution in [2.45, 2.75) is 13.3 Å². The molecule has 2 rings (SSSR count). The number of anilines is 2. The smallest absolute Gasteiger partial charge is 0.218 e. The number of rotatable bonds is 6. The fraction of sp³-hybridized carbons (Fsp3) is 0.333. The second kappa shape index (κ2) is 6.99. The van der Waals surface area contributed by atoms with Gasteiger partial charge >= 0.3 is 0 Å². The van der Waals surface area contributed by atoms with Crippen LogP contribution in [0.3, 0.4) is 0 Å². The Bertz CT molecular complexity index is 606. The van der Waals surface area contributed by atoms with Gasteiger partial charge in [-0.25, -0.2) is 9.37 Å². The van der Waals surface area contributed by atoms with Crippen molar-refractivity contribution in [2.24, 2.45) is 5.73 Å². The van der Waals surface area contributed by atoms with Crippen molar-refractivity contribution in [3.8, 4) is 5.88 Å². The number of nitrogens with two attached hydrogens (primary N) is 1. The molecule has 1 aromatic heterocycles. The van der Waals surface area contributed by atoms with Crippen LogP contribution in [0, 0.1) is 12.7 Å². The number of benzene rings is 1. The number of ether oxygens (including phenoxy) is 1. The number of hydrogen-bond donors (Lipinski definition) is 1. The summed E-state index contributed by atoms with van der Waals surface area (Å²) in [5.74, 6) is 1.31. The highest BCUT2D eigenvalue weighted by atomic mass is 19.1. The van der Waals surface area contributed by atoms with E-state index in [1.54, 1.807) is 43.2 Å². The molecule has 0 aliphatic rings. The normalized spacial score (nSPS) is 10.5. The van der Waals surface area contributed by atoms with Gasteiger partial charge in [0.25, 0.3) is 0 Å². The van der Waals surface area contributed by atoms with Gasteiger partial charge in [-0.05, 0) is 32.0 Å². The van der Waals surface area contributed by atoms with E-state index in [0.717, 1.165) is 6.42 Å². The van der Waals surface area contributed by atoms with Crippen LogP contribution in [-0.2, 0) is 0 Å². The van der Waals surface area contributed by atoms with Crippen LogP contribution in [0.5, 0.6) is 5.88 Å². The van der Waals surface area contributed by atoms with E-state index in [4.69, 9.17) is 10.5 Å². The lowest BCUT2D eigenvalue weighted by atomic mass is 10.2. The molecule has 112 valence electrons. The van der Waals surface area contributed by atoms with E-state index in [1.165, 1.54) is 6.07 Å². The van der Waals surface area contributed by atoms with Crippen LogP contribution in [0.15, 0.2) is 30.3 Å². The van der Waals surface area contributed by atoms with Gasteiger partial charge in [-0.3, -0.25) is 0 Å². The number of methoxy groups -OCH3 is 1. The molecule has 0 saturated heterocycles. The Morgan fingerprint density at radius 1 is 1.29 bits per heavy atom. The zero-order valence-electron chi connectivity index (χ0n) is 12.2. The molecular formula is C15H19FN4O. The first-order valence-electron chi connectivity index (χ1n) is 6.77. The Labute approximate surface area is 123 Å². The molecule has 0 aliphatic heterocycles. The second-order valence-corrected chi connectivity index (χ2v) is 4.56. The average Bonchev–Trinajstić information content (AvgIpc) is 2.48. The van der Waals surface area contributed by atoms with Crippen LogP contribution in [-0.4, -0.2) is 30.2 Å². The number of aromatic nitrogens is 2. The molecule has 2 aromatic rings. The summed E-state index contributed by atoms with van der Waals surface area (Å²) in [7, 11) is 1.54. The Kier molecular flexibility index (Phi) is 5.05. The lowest BCUT2D eigenvalue weighted by molar-refractivity contribution is 0.395. The highest BCUT2D eigenvalue weighted by Crippen LogP contribution is 2.28. The molecule has 0 radical (unpaired) electrons. The zero-order chi connectivity index (χ0) is 15.2. The third kappa shape index (κ3) is 3.66. The van der Waals surface area contributed by atoms with Gasteiger partial charge in [0.2, 0.25) is 5.88 Å². The van der Waals surface area contributed by atoms with Crippen molar-refractivity contribution in [2.75, 3.05) is 25.1 Å². The lowest BCUT2D eigenvalue weighted by Crippen LogP contribution is -2.23. The largest absolute Gasteiger partial charge is 0.481 e. The molecule has 0 atom stereocenters. The van der Waals surface area contributed by atoms with Gasteiger partial charge in [0, 0.05) is 12.6 Å². The maximum atomic E-state index is 14.1. The van der Waals surface area contributed by atoms with Crippen LogP contribution in [0.2, 0.25) is 0 Å². The number of aryl methyl sites for hydroxylation is 1. The van der Waals surface area contributed by atoms with Gasteiger partial charge in [0.1, 0.15) is 17.5 Å². The van der Waals surface area contributed by atoms with Gasteiger partial charge < -0.3 is 15.4 Å². The highest BCUT2D eigenvalue weighted by molar-refractivity contribution is 5.61. The summed E-state index contributed by atoms with van der Waals surface area (Å²) in [6.45, 7) is 2.86. The monoisotopic (exact) mass is 290 g/mol. The summed E-state index contributed by atoms with van der Waals surface area (Å²) in [6, 6.07) is 8.28. The topological polar surface area (TPSA) is 64.3 Å². The molecular weight excluding hydrogens is 271 g/mol. The first kappa shape index (κ1) is 15.2. The summed E-state index contributed by atoms with van der Waals surface area (Å²) >= 11 is 0. The average molecular weight is 290 g/mol. The molecule has 6 heteroatoms. The third-order valence-corrected chi connectivity index (χ3v) is 3.02. The maximum Gasteiger partial charge on any atom is 0.218 e. The molecule has 5 nitrogen and oxygen atoms in total. The molecule has 1 aromatic carbocycles. The minimum absolute atomic E-state index is 0.301. The Morgan fingerprint density at radius 2 is 2.05 bits per heavy atom. The fourth-order valence-corrected chi connectivity index (χ4v) is 2.05. The summed E-state index contributed by atoms with van der Waals surface area (Å²) < 4.78 is 19.2. The number of halogens is 1. The summed E-state index contributed by atoms with van der Waals surface area (Å²) in [5.41, 5.74) is 6.04. The molecule has 0 fully saturated rings. The molecule has 21 heavy (non-hydrogen) atoms. The van der Waals surface area contributed by atoms with E-state index in [-0.39, 0.29) is 5.82 Å². The molecule has 0 amide bonds. The van der Waals surface area contributed by atoms with Crippen molar-refractivity contribution in [3.63, 3.8) is 0 Å². The van der Waals surface area contributed by atoms with E-state index < -0.39 is 0 Å². The van der Waals surface area contributed by atoms with Crippen LogP contribution in [0.4, 0.5) is 15.9 Å². The Hall–Kier alpha value is -2.21. The Morgan fingerprint density at radius 3 is 2.71 bits per heavy atom. The highest BCUT2D eigenvalue weighted by Gasteiger charge is 2.16. The van der Waals surface area contributed by atoms with Gasteiger partial charge in [0.05, 0.1) is 12.8 Å².